The lowest BCUT2D eigenvalue weighted by Gasteiger charge is -1.94. The summed E-state index contributed by atoms with van der Waals surface area (Å²) in [4.78, 5) is 0. The summed E-state index contributed by atoms with van der Waals surface area (Å²) >= 11 is 0. The van der Waals surface area contributed by atoms with Crippen LogP contribution in [-0.2, 0) is 7.05 Å². The van der Waals surface area contributed by atoms with E-state index in [1.165, 1.54) is 18.5 Å². The van der Waals surface area contributed by atoms with Crippen LogP contribution in [0.15, 0.2) is 6.07 Å². The predicted octanol–water partition coefficient (Wildman–Crippen LogP) is 1.10. The maximum Gasteiger partial charge on any atom is 0.113 e. The molecule has 0 unspecified atom stereocenters. The van der Waals surface area contributed by atoms with Gasteiger partial charge in [-0.25, -0.2) is 0 Å². The van der Waals surface area contributed by atoms with Crippen LogP contribution in [0.25, 0.3) is 0 Å². The Hall–Kier alpha value is -0.790. The number of hydrogen-bond donors (Lipinski definition) is 0. The normalized spacial score (nSPS) is 18.3. The molecule has 2 nitrogen and oxygen atoms in total. The minimum Gasteiger partial charge on any atom is -0.272 e. The number of hydrogen-bond acceptors (Lipinski definition) is 1. The van der Waals surface area contributed by atoms with Crippen molar-refractivity contribution in [1.82, 2.24) is 9.78 Å². The Labute approximate surface area is 54.5 Å². The van der Waals surface area contributed by atoms with Crippen molar-refractivity contribution >= 4 is 0 Å². The van der Waals surface area contributed by atoms with Gasteiger partial charge in [0.1, 0.15) is 6.20 Å². The summed E-state index contributed by atoms with van der Waals surface area (Å²) in [6.07, 6.45) is 5.51. The quantitative estimate of drug-likeness (QED) is 0.544. The Morgan fingerprint density at radius 1 is 1.78 bits per heavy atom. The molecule has 0 saturated heterocycles. The molecule has 47 valence electrons. The molecule has 1 aromatic heterocycles. The van der Waals surface area contributed by atoms with E-state index in [2.05, 4.69) is 11.3 Å². The first-order valence-corrected chi connectivity index (χ1v) is 3.28. The zero-order valence-electron chi connectivity index (χ0n) is 5.46. The summed E-state index contributed by atoms with van der Waals surface area (Å²) in [5.74, 6) is 0.800. The first kappa shape index (κ1) is 5.03. The van der Waals surface area contributed by atoms with Gasteiger partial charge in [0, 0.05) is 18.7 Å². The number of aryl methyl sites for hydroxylation is 1. The fourth-order valence-electron chi connectivity index (χ4n) is 1.09. The van der Waals surface area contributed by atoms with E-state index in [1.807, 2.05) is 17.8 Å². The molecule has 2 rings (SSSR count). The third-order valence-corrected chi connectivity index (χ3v) is 1.79. The zero-order valence-corrected chi connectivity index (χ0v) is 5.46. The van der Waals surface area contributed by atoms with Crippen molar-refractivity contribution in [2.24, 2.45) is 7.05 Å². The molecule has 0 N–H and O–H groups in total. The van der Waals surface area contributed by atoms with Crippen LogP contribution in [-0.4, -0.2) is 9.78 Å². The maximum absolute atomic E-state index is 3.97. The van der Waals surface area contributed by atoms with E-state index in [9.17, 15) is 0 Å². The van der Waals surface area contributed by atoms with Gasteiger partial charge in [0.25, 0.3) is 0 Å². The fraction of sp³-hybridized carbons (Fsp3) is 0.571. The monoisotopic (exact) mass is 121 g/mol. The van der Waals surface area contributed by atoms with E-state index in [1.54, 1.807) is 0 Å². The lowest BCUT2D eigenvalue weighted by molar-refractivity contribution is 0.712. The lowest BCUT2D eigenvalue weighted by Crippen LogP contribution is -1.94. The van der Waals surface area contributed by atoms with Crippen LogP contribution in [0, 0.1) is 6.20 Å². The average molecular weight is 121 g/mol. The van der Waals surface area contributed by atoms with E-state index in [4.69, 9.17) is 0 Å². The summed E-state index contributed by atoms with van der Waals surface area (Å²) in [6.45, 7) is 0. The van der Waals surface area contributed by atoms with Crippen LogP contribution in [0.2, 0.25) is 0 Å². The second-order valence-corrected chi connectivity index (χ2v) is 2.60. The number of rotatable bonds is 1. The van der Waals surface area contributed by atoms with Gasteiger partial charge < -0.3 is 0 Å². The Morgan fingerprint density at radius 2 is 2.56 bits per heavy atom. The number of aromatic nitrogens is 2. The van der Waals surface area contributed by atoms with Gasteiger partial charge in [0.2, 0.25) is 0 Å². The summed E-state index contributed by atoms with van der Waals surface area (Å²) in [5, 5.41) is 3.97. The largest absolute Gasteiger partial charge is 0.272 e. The Balaban J connectivity index is 2.35. The average Bonchev–Trinajstić information content (AvgIpc) is 2.58. The van der Waals surface area contributed by atoms with Crippen molar-refractivity contribution in [3.8, 4) is 0 Å². The van der Waals surface area contributed by atoms with Gasteiger partial charge >= 0.3 is 0 Å². The van der Waals surface area contributed by atoms with E-state index >= 15 is 0 Å². The highest BCUT2D eigenvalue weighted by Gasteiger charge is 2.25. The Kier molecular flexibility index (Phi) is 0.891. The molecule has 1 radical (unpaired) electrons. The van der Waals surface area contributed by atoms with Gasteiger partial charge in [-0.15, -0.1) is 0 Å². The molecule has 1 saturated carbocycles. The molecule has 1 aromatic rings. The van der Waals surface area contributed by atoms with Gasteiger partial charge in [-0.05, 0) is 18.9 Å². The van der Waals surface area contributed by atoms with Gasteiger partial charge in [0.15, 0.2) is 0 Å². The molecule has 1 aliphatic carbocycles. The Bertz CT molecular complexity index is 210. The smallest absolute Gasteiger partial charge is 0.113 e. The molecular weight excluding hydrogens is 112 g/mol. The second kappa shape index (κ2) is 1.59. The molecule has 0 aromatic carbocycles. The molecule has 9 heavy (non-hydrogen) atoms. The molecule has 0 amide bonds. The third kappa shape index (κ3) is 0.745. The van der Waals surface area contributed by atoms with E-state index in [0.717, 1.165) is 5.92 Å². The molecular formula is C7H9N2. The topological polar surface area (TPSA) is 17.8 Å². The first-order valence-electron chi connectivity index (χ1n) is 3.28. The highest BCUT2D eigenvalue weighted by atomic mass is 15.3. The second-order valence-electron chi connectivity index (χ2n) is 2.60. The van der Waals surface area contributed by atoms with Gasteiger partial charge in [0.05, 0.1) is 0 Å². The molecule has 0 spiro atoms. The zero-order chi connectivity index (χ0) is 6.27. The minimum atomic E-state index is 0.800. The van der Waals surface area contributed by atoms with E-state index in [-0.39, 0.29) is 0 Å². The molecule has 1 aliphatic rings. The molecule has 2 heteroatoms. The molecule has 0 atom stereocenters. The van der Waals surface area contributed by atoms with Crippen molar-refractivity contribution in [3.05, 3.63) is 18.0 Å². The van der Waals surface area contributed by atoms with Crippen molar-refractivity contribution in [3.63, 3.8) is 0 Å². The SMILES string of the molecule is Cn1n[c]cc1C1CC1. The lowest BCUT2D eigenvalue weighted by atomic mass is 10.3. The maximum atomic E-state index is 3.97. The molecule has 0 aliphatic heterocycles. The first-order chi connectivity index (χ1) is 4.38. The molecule has 0 bridgehead atoms. The summed E-state index contributed by atoms with van der Waals surface area (Å²) in [6, 6.07) is 1.98. The van der Waals surface area contributed by atoms with Crippen LogP contribution in [0.1, 0.15) is 24.5 Å². The van der Waals surface area contributed by atoms with Crippen molar-refractivity contribution in [1.29, 1.82) is 0 Å². The van der Waals surface area contributed by atoms with Gasteiger partial charge in [-0.3, -0.25) is 4.68 Å². The summed E-state index contributed by atoms with van der Waals surface area (Å²) < 4.78 is 1.91. The van der Waals surface area contributed by atoms with Gasteiger partial charge in [-0.2, -0.15) is 5.10 Å². The third-order valence-electron chi connectivity index (χ3n) is 1.79. The van der Waals surface area contributed by atoms with Crippen LogP contribution in [0.4, 0.5) is 0 Å². The highest BCUT2D eigenvalue weighted by Crippen LogP contribution is 2.39. The van der Waals surface area contributed by atoms with Crippen molar-refractivity contribution < 1.29 is 0 Å². The fourth-order valence-corrected chi connectivity index (χ4v) is 1.09. The molecule has 1 heterocycles. The van der Waals surface area contributed by atoms with Crippen LogP contribution in [0.3, 0.4) is 0 Å². The van der Waals surface area contributed by atoms with E-state index in [0.29, 0.717) is 0 Å². The van der Waals surface area contributed by atoms with Gasteiger partial charge in [-0.1, -0.05) is 0 Å². The van der Waals surface area contributed by atoms with Crippen LogP contribution >= 0.6 is 0 Å². The van der Waals surface area contributed by atoms with Crippen molar-refractivity contribution in [2.75, 3.05) is 0 Å². The predicted molar refractivity (Wildman–Crippen MR) is 34.0 cm³/mol. The summed E-state index contributed by atoms with van der Waals surface area (Å²) in [5.41, 5.74) is 1.34. The minimum absolute atomic E-state index is 0.800. The summed E-state index contributed by atoms with van der Waals surface area (Å²) in [7, 11) is 1.98. The Morgan fingerprint density at radius 3 is 3.00 bits per heavy atom. The van der Waals surface area contributed by atoms with Crippen molar-refractivity contribution in [2.45, 2.75) is 18.8 Å². The molecule has 1 fully saturated rings. The number of nitrogens with zero attached hydrogens (tertiary/aromatic N) is 2. The van der Waals surface area contributed by atoms with Crippen LogP contribution in [0.5, 0.6) is 0 Å². The standard InChI is InChI=1S/C7H9N2/c1-9-7(4-5-8-9)6-2-3-6/h4,6H,2-3H2,1H3. The van der Waals surface area contributed by atoms with Crippen LogP contribution < -0.4 is 0 Å². The van der Waals surface area contributed by atoms with E-state index < -0.39 is 0 Å². The highest BCUT2D eigenvalue weighted by molar-refractivity contribution is 5.12.